The van der Waals surface area contributed by atoms with Crippen LogP contribution in [0.25, 0.3) is 6.08 Å². The van der Waals surface area contributed by atoms with E-state index < -0.39 is 49.2 Å². The molecule has 3 heterocycles. The number of fused-ring (bicyclic) bond motifs is 4. The van der Waals surface area contributed by atoms with E-state index in [1.807, 2.05) is 5.32 Å². The Labute approximate surface area is 176 Å². The van der Waals surface area contributed by atoms with Crippen LogP contribution >= 0.6 is 0 Å². The predicted molar refractivity (Wildman–Crippen MR) is 105 cm³/mol. The number of carbonyl (C=O) groups excluding carboxylic acids is 2. The van der Waals surface area contributed by atoms with Crippen LogP contribution in [0.5, 0.6) is 0 Å². The third-order valence-electron chi connectivity index (χ3n) is 6.37. The van der Waals surface area contributed by atoms with Gasteiger partial charge < -0.3 is 19.9 Å². The van der Waals surface area contributed by atoms with E-state index >= 15 is 0 Å². The third kappa shape index (κ3) is 3.77. The molecule has 1 saturated heterocycles. The molecule has 4 atom stereocenters. The highest BCUT2D eigenvalue weighted by Gasteiger charge is 2.58. The highest BCUT2D eigenvalue weighted by atomic mass is 19.4. The van der Waals surface area contributed by atoms with E-state index in [4.69, 9.17) is 0 Å². The van der Waals surface area contributed by atoms with Crippen molar-refractivity contribution in [3.05, 3.63) is 39.8 Å². The van der Waals surface area contributed by atoms with Gasteiger partial charge in [-0.3, -0.25) is 14.4 Å². The molecule has 3 aliphatic rings. The van der Waals surface area contributed by atoms with Crippen molar-refractivity contribution < 1.29 is 27.9 Å². The molecule has 0 unspecified atom stereocenters. The molecule has 0 spiro atoms. The molecule has 168 valence electrons. The molecule has 10 heteroatoms. The highest BCUT2D eigenvalue weighted by Crippen LogP contribution is 2.50. The molecule has 1 aliphatic carbocycles. The lowest BCUT2D eigenvalue weighted by molar-refractivity contribution is -0.143. The summed E-state index contributed by atoms with van der Waals surface area (Å²) < 4.78 is 39.6. The van der Waals surface area contributed by atoms with Crippen LogP contribution in [0.3, 0.4) is 0 Å². The summed E-state index contributed by atoms with van der Waals surface area (Å²) in [6.45, 7) is -0.124. The number of hydrogen-bond donors (Lipinski definition) is 2. The summed E-state index contributed by atoms with van der Waals surface area (Å²) >= 11 is 0. The van der Waals surface area contributed by atoms with Crippen LogP contribution in [-0.4, -0.2) is 51.8 Å². The Kier molecular flexibility index (Phi) is 5.45. The molecule has 0 radical (unpaired) electrons. The summed E-state index contributed by atoms with van der Waals surface area (Å²) in [6.07, 6.45) is 0.217. The van der Waals surface area contributed by atoms with Crippen LogP contribution < -0.4 is 10.9 Å². The maximum absolute atomic E-state index is 13.1. The number of aliphatic hydroxyl groups excluding tert-OH is 1. The minimum atomic E-state index is -4.59. The number of aromatic nitrogens is 1. The van der Waals surface area contributed by atoms with E-state index in [2.05, 4.69) is 0 Å². The van der Waals surface area contributed by atoms with E-state index in [1.165, 1.54) is 4.57 Å². The second-order valence-electron chi connectivity index (χ2n) is 8.37. The van der Waals surface area contributed by atoms with E-state index in [1.54, 1.807) is 36.1 Å². The second kappa shape index (κ2) is 7.81. The lowest BCUT2D eigenvalue weighted by Gasteiger charge is -2.38. The molecule has 2 aliphatic heterocycles. The minimum absolute atomic E-state index is 0.0861. The molecule has 1 aromatic rings. The van der Waals surface area contributed by atoms with Crippen molar-refractivity contribution in [2.45, 2.75) is 44.6 Å². The predicted octanol–water partition coefficient (Wildman–Crippen LogP) is 1.46. The van der Waals surface area contributed by atoms with Gasteiger partial charge in [-0.05, 0) is 31.9 Å². The van der Waals surface area contributed by atoms with Crippen molar-refractivity contribution in [2.75, 3.05) is 13.2 Å². The normalized spacial score (nSPS) is 27.5. The molecular formula is C21H24F3N3O4. The van der Waals surface area contributed by atoms with Gasteiger partial charge in [-0.2, -0.15) is 13.2 Å². The monoisotopic (exact) mass is 439 g/mol. The number of amides is 2. The van der Waals surface area contributed by atoms with Crippen LogP contribution in [-0.2, 0) is 16.1 Å². The van der Waals surface area contributed by atoms with Gasteiger partial charge in [-0.1, -0.05) is 12.2 Å². The molecular weight excluding hydrogens is 415 g/mol. The zero-order chi connectivity index (χ0) is 22.5. The first-order valence-corrected chi connectivity index (χ1v) is 10.3. The van der Waals surface area contributed by atoms with Crippen molar-refractivity contribution in [2.24, 2.45) is 17.8 Å². The number of alkyl halides is 3. The minimum Gasteiger partial charge on any atom is -0.396 e. The van der Waals surface area contributed by atoms with Gasteiger partial charge >= 0.3 is 6.18 Å². The van der Waals surface area contributed by atoms with Gasteiger partial charge in [0.25, 0.3) is 5.56 Å². The highest BCUT2D eigenvalue weighted by molar-refractivity contribution is 5.86. The molecule has 2 N–H and O–H groups in total. The topological polar surface area (TPSA) is 91.6 Å². The molecule has 4 rings (SSSR count). The third-order valence-corrected chi connectivity index (χ3v) is 6.37. The fraction of sp³-hybridized carbons (Fsp3) is 0.571. The van der Waals surface area contributed by atoms with Crippen molar-refractivity contribution in [3.8, 4) is 0 Å². The van der Waals surface area contributed by atoms with Crippen LogP contribution in [0.15, 0.2) is 23.0 Å². The quantitative estimate of drug-likeness (QED) is 0.727. The Hall–Kier alpha value is -2.62. The Bertz CT molecular complexity index is 983. The first kappa shape index (κ1) is 21.6. The van der Waals surface area contributed by atoms with Crippen molar-refractivity contribution >= 4 is 17.9 Å². The van der Waals surface area contributed by atoms with E-state index in [0.717, 1.165) is 12.8 Å². The first-order chi connectivity index (χ1) is 14.7. The summed E-state index contributed by atoms with van der Waals surface area (Å²) in [4.78, 5) is 40.4. The summed E-state index contributed by atoms with van der Waals surface area (Å²) in [5, 5.41) is 12.0. The molecule has 7 nitrogen and oxygen atoms in total. The maximum atomic E-state index is 13.1. The van der Waals surface area contributed by atoms with E-state index in [0.29, 0.717) is 11.3 Å². The fourth-order valence-corrected chi connectivity index (χ4v) is 4.88. The van der Waals surface area contributed by atoms with Crippen LogP contribution in [0, 0.1) is 17.8 Å². The molecule has 2 fully saturated rings. The average Bonchev–Trinajstić information content (AvgIpc) is 3.52. The van der Waals surface area contributed by atoms with Gasteiger partial charge in [-0.25, -0.2) is 0 Å². The summed E-state index contributed by atoms with van der Waals surface area (Å²) in [5.74, 6) is -3.08. The Morgan fingerprint density at radius 3 is 2.58 bits per heavy atom. The number of carbonyl (C=O) groups is 2. The Balaban J connectivity index is 1.79. The van der Waals surface area contributed by atoms with E-state index in [-0.39, 0.29) is 23.9 Å². The number of halogens is 3. The Morgan fingerprint density at radius 2 is 2.00 bits per heavy atom. The van der Waals surface area contributed by atoms with Gasteiger partial charge in [0.15, 0.2) is 0 Å². The number of aliphatic hydroxyl groups is 1. The number of nitrogens with one attached hydrogen (secondary N) is 1. The van der Waals surface area contributed by atoms with Gasteiger partial charge in [-0.15, -0.1) is 0 Å². The average molecular weight is 439 g/mol. The zero-order valence-electron chi connectivity index (χ0n) is 16.9. The van der Waals surface area contributed by atoms with Crippen molar-refractivity contribution in [1.29, 1.82) is 0 Å². The van der Waals surface area contributed by atoms with Crippen molar-refractivity contribution in [3.63, 3.8) is 0 Å². The number of pyridine rings is 1. The fourth-order valence-electron chi connectivity index (χ4n) is 4.88. The number of nitrogens with zero attached hydrogens (tertiary/aromatic N) is 2. The van der Waals surface area contributed by atoms with Gasteiger partial charge in [0, 0.05) is 36.2 Å². The smallest absolute Gasteiger partial charge is 0.396 e. The largest absolute Gasteiger partial charge is 0.405 e. The number of hydrogen-bond acceptors (Lipinski definition) is 4. The molecule has 1 aromatic heterocycles. The molecule has 0 aromatic carbocycles. The molecule has 31 heavy (non-hydrogen) atoms. The van der Waals surface area contributed by atoms with Gasteiger partial charge in [0.1, 0.15) is 6.54 Å². The lowest BCUT2D eigenvalue weighted by Crippen LogP contribution is -2.50. The lowest BCUT2D eigenvalue weighted by atomic mass is 9.86. The standard InChI is InChI=1S/C21H24F3N3O4/c1-2-3-11-6-7-14-17-16(18(29)25-10-21(22,23)24)13(9-28)15(8-26(14)19(11)30)27(17)20(31)12-4-5-12/h2-3,6-7,12-13,15-17,28H,4-5,8-10H2,1H3,(H,25,29)/b3-2+/t13-,15-,16+,17+/m0/s1. The summed E-state index contributed by atoms with van der Waals surface area (Å²) in [5.41, 5.74) is 0.551. The Morgan fingerprint density at radius 1 is 1.29 bits per heavy atom. The van der Waals surface area contributed by atoms with Gasteiger partial charge in [0.05, 0.1) is 18.0 Å². The number of rotatable bonds is 5. The molecule has 2 amide bonds. The number of allylic oxidation sites excluding steroid dienone is 1. The summed E-state index contributed by atoms with van der Waals surface area (Å²) in [7, 11) is 0. The zero-order valence-corrected chi connectivity index (χ0v) is 16.9. The van der Waals surface area contributed by atoms with Crippen LogP contribution in [0.1, 0.15) is 37.1 Å². The SMILES string of the molecule is C/C=C/c1ccc2n(c1=O)C[C@H]1[C@H](CO)[C@@H](C(=O)NCC(F)(F)F)[C@@H]2N1C(=O)C1CC1. The maximum Gasteiger partial charge on any atom is 0.405 e. The van der Waals surface area contributed by atoms with Crippen molar-refractivity contribution in [1.82, 2.24) is 14.8 Å². The van der Waals surface area contributed by atoms with Gasteiger partial charge in [0.2, 0.25) is 11.8 Å². The first-order valence-electron chi connectivity index (χ1n) is 10.3. The van der Waals surface area contributed by atoms with Crippen LogP contribution in [0.2, 0.25) is 0 Å². The second-order valence-corrected chi connectivity index (χ2v) is 8.37. The van der Waals surface area contributed by atoms with E-state index in [9.17, 15) is 32.7 Å². The summed E-state index contributed by atoms with van der Waals surface area (Å²) in [6, 6.07) is 1.69. The molecule has 2 bridgehead atoms. The molecule has 1 saturated carbocycles. The van der Waals surface area contributed by atoms with Crippen LogP contribution in [0.4, 0.5) is 13.2 Å².